The Kier molecular flexibility index (Phi) is 6.99. The monoisotopic (exact) mass is 507 g/mol. The normalized spacial score (nSPS) is 11.9. The standard InChI is InChI=1S/C29H29N7O2/c1-3-36-26(30)24(27-32-16-17-33-27)25(37)22-8-9-23(35-28(22)36)21-6-4-20(5-7-21)18(2)29(38)34-15-12-19-10-13-31-14-11-19/h4-11,13-14,16-18H,3,12,15,30H2,1-2H3,(H,32,33)(H,34,38). The van der Waals surface area contributed by atoms with Gasteiger partial charge in [0.25, 0.3) is 0 Å². The lowest BCUT2D eigenvalue weighted by Gasteiger charge is -2.16. The fraction of sp³-hybridized carbons (Fsp3) is 0.207. The number of fused-ring (bicyclic) bond motifs is 1. The summed E-state index contributed by atoms with van der Waals surface area (Å²) in [4.78, 5) is 42.0. The Hall–Kier alpha value is -4.79. The predicted octanol–water partition coefficient (Wildman–Crippen LogP) is 3.91. The van der Waals surface area contributed by atoms with Crippen molar-refractivity contribution in [1.29, 1.82) is 0 Å². The first-order valence-corrected chi connectivity index (χ1v) is 12.6. The molecule has 0 fully saturated rings. The Bertz CT molecular complexity index is 1630. The molecule has 4 aromatic heterocycles. The molecule has 9 heteroatoms. The van der Waals surface area contributed by atoms with Crippen molar-refractivity contribution < 1.29 is 4.79 Å². The van der Waals surface area contributed by atoms with E-state index in [9.17, 15) is 9.59 Å². The zero-order chi connectivity index (χ0) is 26.6. The van der Waals surface area contributed by atoms with Crippen LogP contribution in [0.3, 0.4) is 0 Å². The Morgan fingerprint density at radius 2 is 1.84 bits per heavy atom. The minimum atomic E-state index is -0.295. The van der Waals surface area contributed by atoms with Gasteiger partial charge in [0.15, 0.2) is 0 Å². The number of rotatable bonds is 8. The zero-order valence-electron chi connectivity index (χ0n) is 21.3. The number of aryl methyl sites for hydroxylation is 1. The summed E-state index contributed by atoms with van der Waals surface area (Å²) in [6, 6.07) is 15.3. The number of aromatic nitrogens is 5. The van der Waals surface area contributed by atoms with Gasteiger partial charge in [-0.3, -0.25) is 14.6 Å². The SMILES string of the molecule is CCn1c(N)c(-c2ncc[nH]2)c(=O)c2ccc(-c3ccc(C(C)C(=O)NCCc4ccncc4)cc3)nc21. The molecule has 0 spiro atoms. The average molecular weight is 508 g/mol. The molecule has 1 amide bonds. The smallest absolute Gasteiger partial charge is 0.227 e. The van der Waals surface area contributed by atoms with Gasteiger partial charge in [-0.2, -0.15) is 0 Å². The van der Waals surface area contributed by atoms with E-state index in [4.69, 9.17) is 10.7 Å². The van der Waals surface area contributed by atoms with Gasteiger partial charge in [0.2, 0.25) is 11.3 Å². The van der Waals surface area contributed by atoms with Crippen LogP contribution < -0.4 is 16.5 Å². The van der Waals surface area contributed by atoms with Gasteiger partial charge in [-0.15, -0.1) is 0 Å². The minimum Gasteiger partial charge on any atom is -0.384 e. The Balaban J connectivity index is 1.37. The van der Waals surface area contributed by atoms with Gasteiger partial charge in [-0.25, -0.2) is 9.97 Å². The number of hydrogen-bond acceptors (Lipinski definition) is 6. The second-order valence-corrected chi connectivity index (χ2v) is 9.08. The molecule has 192 valence electrons. The second-order valence-electron chi connectivity index (χ2n) is 9.08. The molecule has 38 heavy (non-hydrogen) atoms. The summed E-state index contributed by atoms with van der Waals surface area (Å²) >= 11 is 0. The van der Waals surface area contributed by atoms with Gasteiger partial charge in [0.05, 0.1) is 17.0 Å². The quantitative estimate of drug-likeness (QED) is 0.292. The van der Waals surface area contributed by atoms with Crippen molar-refractivity contribution in [3.8, 4) is 22.6 Å². The molecule has 1 unspecified atom stereocenters. The lowest BCUT2D eigenvalue weighted by atomic mass is 9.98. The number of imidazole rings is 1. The van der Waals surface area contributed by atoms with Crippen LogP contribution in [0.25, 0.3) is 33.7 Å². The van der Waals surface area contributed by atoms with E-state index in [0.29, 0.717) is 47.0 Å². The molecule has 1 aromatic carbocycles. The summed E-state index contributed by atoms with van der Waals surface area (Å²) in [5.41, 5.74) is 10.7. The van der Waals surface area contributed by atoms with Crippen LogP contribution in [-0.4, -0.2) is 37.0 Å². The van der Waals surface area contributed by atoms with Crippen LogP contribution in [0.4, 0.5) is 5.82 Å². The number of carbonyl (C=O) groups excluding carboxylic acids is 1. The number of anilines is 1. The zero-order valence-corrected chi connectivity index (χ0v) is 21.3. The molecule has 0 bridgehead atoms. The first kappa shape index (κ1) is 24.9. The second kappa shape index (κ2) is 10.7. The van der Waals surface area contributed by atoms with Gasteiger partial charge in [0, 0.05) is 43.4 Å². The Morgan fingerprint density at radius 3 is 2.53 bits per heavy atom. The van der Waals surface area contributed by atoms with Crippen LogP contribution in [-0.2, 0) is 17.8 Å². The van der Waals surface area contributed by atoms with Gasteiger partial charge in [-0.1, -0.05) is 24.3 Å². The minimum absolute atomic E-state index is 0.0227. The maximum atomic E-state index is 13.3. The topological polar surface area (TPSA) is 132 Å². The molecule has 9 nitrogen and oxygen atoms in total. The Labute approximate surface area is 219 Å². The lowest BCUT2D eigenvalue weighted by molar-refractivity contribution is -0.122. The molecule has 0 saturated heterocycles. The summed E-state index contributed by atoms with van der Waals surface area (Å²) < 4.78 is 1.82. The fourth-order valence-electron chi connectivity index (χ4n) is 4.57. The number of nitrogens with two attached hydrogens (primary N) is 1. The van der Waals surface area contributed by atoms with E-state index in [1.807, 2.05) is 60.9 Å². The van der Waals surface area contributed by atoms with Crippen molar-refractivity contribution in [3.63, 3.8) is 0 Å². The predicted molar refractivity (Wildman–Crippen MR) is 148 cm³/mol. The van der Waals surface area contributed by atoms with Crippen LogP contribution in [0.2, 0.25) is 0 Å². The molecular formula is C29H29N7O2. The van der Waals surface area contributed by atoms with Gasteiger partial charge in [0.1, 0.15) is 22.9 Å². The first-order valence-electron chi connectivity index (χ1n) is 12.6. The van der Waals surface area contributed by atoms with Crippen molar-refractivity contribution in [2.24, 2.45) is 0 Å². The molecule has 4 N–H and O–H groups in total. The number of carbonyl (C=O) groups is 1. The van der Waals surface area contributed by atoms with E-state index >= 15 is 0 Å². The molecule has 4 heterocycles. The Morgan fingerprint density at radius 1 is 1.08 bits per heavy atom. The van der Waals surface area contributed by atoms with Gasteiger partial charge < -0.3 is 20.6 Å². The third-order valence-corrected chi connectivity index (χ3v) is 6.76. The van der Waals surface area contributed by atoms with Crippen molar-refractivity contribution in [2.45, 2.75) is 32.7 Å². The third-order valence-electron chi connectivity index (χ3n) is 6.76. The summed E-state index contributed by atoms with van der Waals surface area (Å²) in [5.74, 6) is 0.442. The van der Waals surface area contributed by atoms with E-state index in [2.05, 4.69) is 20.3 Å². The molecule has 0 aliphatic carbocycles. The van der Waals surface area contributed by atoms with Crippen LogP contribution in [0.1, 0.15) is 30.9 Å². The highest BCUT2D eigenvalue weighted by Crippen LogP contribution is 2.27. The number of aromatic amines is 1. The molecule has 1 atom stereocenters. The summed E-state index contributed by atoms with van der Waals surface area (Å²) in [5, 5.41) is 3.49. The lowest BCUT2D eigenvalue weighted by Crippen LogP contribution is -2.29. The van der Waals surface area contributed by atoms with Crippen molar-refractivity contribution in [2.75, 3.05) is 12.3 Å². The van der Waals surface area contributed by atoms with Crippen molar-refractivity contribution in [1.82, 2.24) is 29.8 Å². The molecular weight excluding hydrogens is 478 g/mol. The molecule has 0 aliphatic heterocycles. The van der Waals surface area contributed by atoms with Crippen LogP contribution >= 0.6 is 0 Å². The highest BCUT2D eigenvalue weighted by molar-refractivity contribution is 5.87. The molecule has 0 radical (unpaired) electrons. The molecule has 0 saturated carbocycles. The van der Waals surface area contributed by atoms with Crippen molar-refractivity contribution in [3.05, 3.63) is 94.7 Å². The number of benzene rings is 1. The summed E-state index contributed by atoms with van der Waals surface area (Å²) in [7, 11) is 0. The third kappa shape index (κ3) is 4.78. The van der Waals surface area contributed by atoms with E-state index in [-0.39, 0.29) is 17.3 Å². The first-order chi connectivity index (χ1) is 18.5. The van der Waals surface area contributed by atoms with Crippen LogP contribution in [0, 0.1) is 0 Å². The largest absolute Gasteiger partial charge is 0.384 e. The molecule has 5 rings (SSSR count). The van der Waals surface area contributed by atoms with Crippen molar-refractivity contribution >= 4 is 22.8 Å². The summed E-state index contributed by atoms with van der Waals surface area (Å²) in [6.07, 6.45) is 7.50. The number of amides is 1. The highest BCUT2D eigenvalue weighted by atomic mass is 16.1. The number of nitrogen functional groups attached to an aromatic ring is 1. The number of H-pyrrole nitrogens is 1. The van der Waals surface area contributed by atoms with E-state index in [1.54, 1.807) is 30.9 Å². The maximum absolute atomic E-state index is 13.3. The number of nitrogens with one attached hydrogen (secondary N) is 2. The maximum Gasteiger partial charge on any atom is 0.227 e. The number of nitrogens with zero attached hydrogens (tertiary/aromatic N) is 4. The highest BCUT2D eigenvalue weighted by Gasteiger charge is 2.19. The number of hydrogen-bond donors (Lipinski definition) is 3. The number of pyridine rings is 3. The van der Waals surface area contributed by atoms with Crippen LogP contribution in [0.15, 0.2) is 78.1 Å². The molecule has 0 aliphatic rings. The van der Waals surface area contributed by atoms with E-state index in [1.165, 1.54) is 0 Å². The van der Waals surface area contributed by atoms with E-state index in [0.717, 1.165) is 23.1 Å². The van der Waals surface area contributed by atoms with Crippen LogP contribution in [0.5, 0.6) is 0 Å². The van der Waals surface area contributed by atoms with E-state index < -0.39 is 0 Å². The summed E-state index contributed by atoms with van der Waals surface area (Å²) in [6.45, 7) is 4.96. The van der Waals surface area contributed by atoms with Gasteiger partial charge >= 0.3 is 0 Å². The fourth-order valence-corrected chi connectivity index (χ4v) is 4.57. The van der Waals surface area contributed by atoms with Gasteiger partial charge in [-0.05, 0) is 55.7 Å². The average Bonchev–Trinajstić information content (AvgIpc) is 3.48. The molecule has 5 aromatic rings.